The number of aromatic nitrogens is 1. The zero-order valence-electron chi connectivity index (χ0n) is 15.8. The van der Waals surface area contributed by atoms with E-state index in [4.69, 9.17) is 10.5 Å². The molecule has 0 spiro atoms. The van der Waals surface area contributed by atoms with Gasteiger partial charge in [-0.15, -0.1) is 23.1 Å². The summed E-state index contributed by atoms with van der Waals surface area (Å²) in [6, 6.07) is -0.967. The molecule has 2 aliphatic heterocycles. The van der Waals surface area contributed by atoms with E-state index in [9.17, 15) is 24.3 Å². The molecule has 1 fully saturated rings. The summed E-state index contributed by atoms with van der Waals surface area (Å²) in [7, 11) is 1.25. The lowest BCUT2D eigenvalue weighted by Crippen LogP contribution is -2.71. The van der Waals surface area contributed by atoms with Gasteiger partial charge in [0.2, 0.25) is 0 Å². The Labute approximate surface area is 178 Å². The van der Waals surface area contributed by atoms with Crippen molar-refractivity contribution in [3.05, 3.63) is 22.3 Å². The van der Waals surface area contributed by atoms with Crippen LogP contribution in [0, 0.1) is 0 Å². The average molecular weight is 455 g/mol. The van der Waals surface area contributed by atoms with Crippen LogP contribution >= 0.6 is 23.1 Å². The molecule has 14 heteroatoms. The van der Waals surface area contributed by atoms with Crippen LogP contribution in [0.15, 0.2) is 21.8 Å². The first-order chi connectivity index (χ1) is 14.2. The van der Waals surface area contributed by atoms with Gasteiger partial charge in [-0.3, -0.25) is 19.3 Å². The van der Waals surface area contributed by atoms with Gasteiger partial charge in [0.05, 0.1) is 0 Å². The van der Waals surface area contributed by atoms with Crippen LogP contribution < -0.4 is 11.1 Å². The minimum atomic E-state index is -1.32. The van der Waals surface area contributed by atoms with Crippen molar-refractivity contribution in [2.45, 2.75) is 18.3 Å². The summed E-state index contributed by atoms with van der Waals surface area (Å²) in [4.78, 5) is 57.8. The number of fused-ring (bicyclic) bond motifs is 1. The molecule has 0 bridgehead atoms. The summed E-state index contributed by atoms with van der Waals surface area (Å²) in [6.07, 6.45) is 0. The number of ether oxygens (including phenoxy) is 1. The van der Waals surface area contributed by atoms with Crippen LogP contribution in [0.4, 0.5) is 5.13 Å². The quantitative estimate of drug-likeness (QED) is 0.208. The molecule has 12 nitrogen and oxygen atoms in total. The van der Waals surface area contributed by atoms with Crippen LogP contribution in [0.2, 0.25) is 0 Å². The zero-order valence-corrected chi connectivity index (χ0v) is 17.4. The van der Waals surface area contributed by atoms with Crippen LogP contribution in [0.5, 0.6) is 0 Å². The molecule has 2 atom stereocenters. The highest BCUT2D eigenvalue weighted by Crippen LogP contribution is 2.40. The molecule has 2 amide bonds. The topological polar surface area (TPSA) is 174 Å². The Bertz CT molecular complexity index is 973. The number of carboxylic acid groups (broad SMARTS) is 1. The number of nitrogen functional groups attached to an aromatic ring is 1. The number of thioether (sulfide) groups is 1. The molecule has 0 unspecified atom stereocenters. The second kappa shape index (κ2) is 8.71. The van der Waals surface area contributed by atoms with Gasteiger partial charge >= 0.3 is 11.9 Å². The molecular weight excluding hydrogens is 438 g/mol. The number of hydrogen-bond donors (Lipinski definition) is 3. The number of nitrogens with two attached hydrogens (primary N) is 1. The highest BCUT2D eigenvalue weighted by Gasteiger charge is 2.54. The number of carboxylic acids is 1. The first kappa shape index (κ1) is 21.6. The predicted octanol–water partition coefficient (Wildman–Crippen LogP) is -0.622. The van der Waals surface area contributed by atoms with E-state index >= 15 is 0 Å². The monoisotopic (exact) mass is 455 g/mol. The minimum absolute atomic E-state index is 0.165. The summed E-state index contributed by atoms with van der Waals surface area (Å²) in [6.45, 7) is 0.975. The van der Waals surface area contributed by atoms with Crippen molar-refractivity contribution in [1.82, 2.24) is 15.2 Å². The molecule has 0 saturated carbocycles. The Morgan fingerprint density at radius 2 is 2.20 bits per heavy atom. The van der Waals surface area contributed by atoms with Gasteiger partial charge in [-0.1, -0.05) is 5.16 Å². The predicted molar refractivity (Wildman–Crippen MR) is 106 cm³/mol. The zero-order chi connectivity index (χ0) is 22.0. The lowest BCUT2D eigenvalue weighted by Gasteiger charge is -2.49. The van der Waals surface area contributed by atoms with Crippen molar-refractivity contribution < 1.29 is 33.9 Å². The molecule has 0 aromatic carbocycles. The third kappa shape index (κ3) is 4.09. The van der Waals surface area contributed by atoms with Crippen molar-refractivity contribution in [1.29, 1.82) is 0 Å². The lowest BCUT2D eigenvalue weighted by molar-refractivity contribution is -0.150. The average Bonchev–Trinajstić information content (AvgIpc) is 3.13. The highest BCUT2D eigenvalue weighted by molar-refractivity contribution is 8.00. The third-order valence-corrected chi connectivity index (χ3v) is 6.16. The minimum Gasteiger partial charge on any atom is -0.477 e. The Hall–Kier alpha value is -3.13. The fourth-order valence-corrected chi connectivity index (χ4v) is 4.76. The second-order valence-electron chi connectivity index (χ2n) is 6.09. The Morgan fingerprint density at radius 1 is 1.47 bits per heavy atom. The first-order valence-electron chi connectivity index (χ1n) is 8.41. The number of hydrogen-bond acceptors (Lipinski definition) is 11. The molecule has 1 aromatic heterocycles. The Morgan fingerprint density at radius 3 is 2.77 bits per heavy atom. The number of β-lactam (4-membered cyclic amide) rings is 1. The van der Waals surface area contributed by atoms with E-state index in [1.165, 1.54) is 31.2 Å². The van der Waals surface area contributed by atoms with E-state index < -0.39 is 35.2 Å². The summed E-state index contributed by atoms with van der Waals surface area (Å²) in [5, 5.41) is 16.9. The summed E-state index contributed by atoms with van der Waals surface area (Å²) in [5.41, 5.74) is 5.67. The van der Waals surface area contributed by atoms with Crippen LogP contribution in [-0.4, -0.2) is 75.3 Å². The first-order valence-corrected chi connectivity index (χ1v) is 10.3. The van der Waals surface area contributed by atoms with Crippen molar-refractivity contribution in [3.63, 3.8) is 0 Å². The Balaban J connectivity index is 1.77. The van der Waals surface area contributed by atoms with Gasteiger partial charge in [0, 0.05) is 23.6 Å². The third-order valence-electron chi connectivity index (χ3n) is 4.15. The number of thiazole rings is 1. The van der Waals surface area contributed by atoms with Gasteiger partial charge in [0.25, 0.3) is 11.8 Å². The normalized spacial score (nSPS) is 20.9. The molecule has 30 heavy (non-hydrogen) atoms. The molecule has 2 aliphatic rings. The maximum atomic E-state index is 12.7. The number of nitrogens with one attached hydrogen (secondary N) is 1. The molecule has 0 aliphatic carbocycles. The molecule has 4 N–H and O–H groups in total. The van der Waals surface area contributed by atoms with E-state index in [0.29, 0.717) is 5.57 Å². The highest BCUT2D eigenvalue weighted by atomic mass is 32.2. The fourth-order valence-electron chi connectivity index (χ4n) is 2.88. The molecule has 3 heterocycles. The fraction of sp³-hybridized carbons (Fsp3) is 0.375. The van der Waals surface area contributed by atoms with Gasteiger partial charge in [0.1, 0.15) is 36.5 Å². The van der Waals surface area contributed by atoms with Gasteiger partial charge in [-0.2, -0.15) is 0 Å². The van der Waals surface area contributed by atoms with Crippen LogP contribution in [0.25, 0.3) is 0 Å². The summed E-state index contributed by atoms with van der Waals surface area (Å²) >= 11 is 2.35. The standard InChI is InChI=1S/C16H17N5O7S2/c1-6(22)28-3-7-4-29-14-10(13(24)21(14)11(7)15(25)26)19-12(23)9(20-27-2)8-5-30-16(17)18-8/h5,10,14H,3-4H2,1-2H3,(H2,17,18)(H,19,23)(H,25,26)/t10-,14+/m0/s1. The summed E-state index contributed by atoms with van der Waals surface area (Å²) < 4.78 is 4.88. The maximum absolute atomic E-state index is 12.7. The number of aliphatic carboxylic acids is 1. The molecule has 0 radical (unpaired) electrons. The van der Waals surface area contributed by atoms with Crippen molar-refractivity contribution in [2.75, 3.05) is 25.2 Å². The molecule has 1 saturated heterocycles. The van der Waals surface area contributed by atoms with Gasteiger partial charge < -0.3 is 25.7 Å². The Kier molecular flexibility index (Phi) is 6.26. The van der Waals surface area contributed by atoms with Crippen LogP contribution in [0.3, 0.4) is 0 Å². The number of carbonyl (C=O) groups excluding carboxylic acids is 3. The number of esters is 1. The van der Waals surface area contributed by atoms with E-state index in [1.807, 2.05) is 0 Å². The lowest BCUT2D eigenvalue weighted by atomic mass is 10.0. The number of oxime groups is 1. The van der Waals surface area contributed by atoms with Gasteiger partial charge in [0.15, 0.2) is 10.8 Å². The van der Waals surface area contributed by atoms with E-state index in [2.05, 4.69) is 20.3 Å². The number of amides is 2. The summed E-state index contributed by atoms with van der Waals surface area (Å²) in [5.74, 6) is -2.98. The number of carbonyl (C=O) groups is 4. The molecule has 1 aromatic rings. The number of rotatable bonds is 7. The largest absolute Gasteiger partial charge is 0.477 e. The molecule has 160 valence electrons. The number of anilines is 1. The van der Waals surface area contributed by atoms with Crippen molar-refractivity contribution >= 4 is 57.7 Å². The van der Waals surface area contributed by atoms with E-state index in [0.717, 1.165) is 16.2 Å². The molecule has 3 rings (SSSR count). The van der Waals surface area contributed by atoms with Gasteiger partial charge in [-0.25, -0.2) is 9.78 Å². The SMILES string of the molecule is CON=C(C(=O)N[C@H]1C(=O)N2C(C(=O)O)=C(COC(C)=O)CS[C@H]12)c1csc(N)n1. The maximum Gasteiger partial charge on any atom is 0.352 e. The van der Waals surface area contributed by atoms with Crippen LogP contribution in [-0.2, 0) is 28.8 Å². The van der Waals surface area contributed by atoms with Crippen LogP contribution in [0.1, 0.15) is 12.6 Å². The molecular formula is C16H17N5O7S2. The smallest absolute Gasteiger partial charge is 0.352 e. The van der Waals surface area contributed by atoms with E-state index in [-0.39, 0.29) is 34.6 Å². The van der Waals surface area contributed by atoms with E-state index in [1.54, 1.807) is 0 Å². The van der Waals surface area contributed by atoms with Crippen molar-refractivity contribution in [3.8, 4) is 0 Å². The second-order valence-corrected chi connectivity index (χ2v) is 8.09. The van der Waals surface area contributed by atoms with Gasteiger partial charge in [-0.05, 0) is 0 Å². The van der Waals surface area contributed by atoms with Crippen molar-refractivity contribution in [2.24, 2.45) is 5.16 Å². The number of nitrogens with zero attached hydrogens (tertiary/aromatic N) is 3.